The van der Waals surface area contributed by atoms with Crippen LogP contribution >= 0.6 is 23.4 Å². The van der Waals surface area contributed by atoms with E-state index in [1.54, 1.807) is 16.7 Å². The van der Waals surface area contributed by atoms with Gasteiger partial charge < -0.3 is 4.90 Å². The van der Waals surface area contributed by atoms with Crippen molar-refractivity contribution in [1.29, 1.82) is 0 Å². The molecule has 0 atom stereocenters. The molecule has 0 saturated carbocycles. The molecule has 1 heterocycles. The van der Waals surface area contributed by atoms with E-state index in [9.17, 15) is 9.18 Å². The number of halogens is 2. The van der Waals surface area contributed by atoms with Crippen LogP contribution in [-0.4, -0.2) is 35.4 Å². The van der Waals surface area contributed by atoms with Crippen LogP contribution in [0.3, 0.4) is 0 Å². The zero-order valence-corrected chi connectivity index (χ0v) is 10.2. The third-order valence-electron chi connectivity index (χ3n) is 2.46. The van der Waals surface area contributed by atoms with E-state index in [1.807, 2.05) is 0 Å². The molecule has 0 aromatic heterocycles. The smallest absolute Gasteiger partial charge is 0.256 e. The van der Waals surface area contributed by atoms with Gasteiger partial charge in [0.2, 0.25) is 0 Å². The molecule has 2 rings (SSSR count). The minimum Gasteiger partial charge on any atom is -0.337 e. The number of thioether (sulfide) groups is 1. The van der Waals surface area contributed by atoms with Gasteiger partial charge in [-0.1, -0.05) is 11.6 Å². The zero-order chi connectivity index (χ0) is 11.5. The molecule has 0 N–H and O–H groups in total. The predicted octanol–water partition coefficient (Wildman–Crippen LogP) is 2.67. The van der Waals surface area contributed by atoms with Crippen molar-refractivity contribution in [3.8, 4) is 0 Å². The highest BCUT2D eigenvalue weighted by Gasteiger charge is 2.21. The summed E-state index contributed by atoms with van der Waals surface area (Å²) < 4.78 is 13.5. The van der Waals surface area contributed by atoms with Crippen LogP contribution in [0.25, 0.3) is 0 Å². The van der Waals surface area contributed by atoms with E-state index in [-0.39, 0.29) is 11.5 Å². The summed E-state index contributed by atoms with van der Waals surface area (Å²) >= 11 is 7.56. The molecule has 16 heavy (non-hydrogen) atoms. The first-order valence-corrected chi connectivity index (χ1v) is 6.54. The van der Waals surface area contributed by atoms with Gasteiger partial charge in [-0.2, -0.15) is 11.8 Å². The Balaban J connectivity index is 2.22. The summed E-state index contributed by atoms with van der Waals surface area (Å²) in [6.07, 6.45) is 0. The second kappa shape index (κ2) is 5.06. The lowest BCUT2D eigenvalue weighted by atomic mass is 10.2. The topological polar surface area (TPSA) is 20.3 Å². The van der Waals surface area contributed by atoms with Crippen molar-refractivity contribution in [2.45, 2.75) is 0 Å². The van der Waals surface area contributed by atoms with Crippen LogP contribution in [-0.2, 0) is 0 Å². The first-order valence-electron chi connectivity index (χ1n) is 5.00. The summed E-state index contributed by atoms with van der Waals surface area (Å²) in [6.45, 7) is 1.35. The monoisotopic (exact) mass is 259 g/mol. The molecule has 0 bridgehead atoms. The Morgan fingerprint density at radius 3 is 2.75 bits per heavy atom. The van der Waals surface area contributed by atoms with Gasteiger partial charge in [-0.05, 0) is 18.2 Å². The number of carbonyl (C=O) groups excluding carboxylic acids is 1. The van der Waals surface area contributed by atoms with Gasteiger partial charge in [0.05, 0.1) is 5.56 Å². The maximum absolute atomic E-state index is 13.5. The van der Waals surface area contributed by atoms with Crippen molar-refractivity contribution in [2.75, 3.05) is 24.6 Å². The summed E-state index contributed by atoms with van der Waals surface area (Å²) in [5.41, 5.74) is 0.0689. The molecular weight excluding hydrogens is 249 g/mol. The van der Waals surface area contributed by atoms with Crippen LogP contribution in [0.15, 0.2) is 18.2 Å². The first kappa shape index (κ1) is 11.7. The van der Waals surface area contributed by atoms with Gasteiger partial charge in [0.1, 0.15) is 5.82 Å². The number of rotatable bonds is 1. The Hall–Kier alpha value is -0.740. The van der Waals surface area contributed by atoms with Gasteiger partial charge in [-0.15, -0.1) is 0 Å². The molecule has 1 amide bonds. The van der Waals surface area contributed by atoms with Crippen LogP contribution in [0.4, 0.5) is 4.39 Å². The third kappa shape index (κ3) is 2.50. The van der Waals surface area contributed by atoms with E-state index in [1.165, 1.54) is 18.2 Å². The summed E-state index contributed by atoms with van der Waals surface area (Å²) in [6, 6.07) is 4.06. The minimum absolute atomic E-state index is 0.0689. The van der Waals surface area contributed by atoms with E-state index in [4.69, 9.17) is 11.6 Å². The van der Waals surface area contributed by atoms with E-state index in [2.05, 4.69) is 0 Å². The lowest BCUT2D eigenvalue weighted by molar-refractivity contribution is 0.0767. The molecule has 0 spiro atoms. The minimum atomic E-state index is -0.507. The van der Waals surface area contributed by atoms with Crippen molar-refractivity contribution >= 4 is 29.3 Å². The molecule has 86 valence electrons. The highest BCUT2D eigenvalue weighted by Crippen LogP contribution is 2.18. The highest BCUT2D eigenvalue weighted by molar-refractivity contribution is 7.99. The maximum Gasteiger partial charge on any atom is 0.256 e. The lowest BCUT2D eigenvalue weighted by Gasteiger charge is -2.26. The molecule has 1 aliphatic heterocycles. The molecule has 0 aliphatic carbocycles. The van der Waals surface area contributed by atoms with Gasteiger partial charge in [0, 0.05) is 29.6 Å². The van der Waals surface area contributed by atoms with Crippen molar-refractivity contribution in [3.05, 3.63) is 34.6 Å². The third-order valence-corrected chi connectivity index (χ3v) is 3.63. The molecule has 2 nitrogen and oxygen atoms in total. The Bertz CT molecular complexity index is 407. The summed E-state index contributed by atoms with van der Waals surface area (Å²) in [5, 5.41) is 0.385. The first-order chi connectivity index (χ1) is 7.68. The van der Waals surface area contributed by atoms with Gasteiger partial charge in [0.25, 0.3) is 5.91 Å². The van der Waals surface area contributed by atoms with E-state index in [0.29, 0.717) is 18.1 Å². The largest absolute Gasteiger partial charge is 0.337 e. The number of benzene rings is 1. The Labute approximate surface area is 103 Å². The van der Waals surface area contributed by atoms with Gasteiger partial charge in [0.15, 0.2) is 0 Å². The predicted molar refractivity (Wildman–Crippen MR) is 64.6 cm³/mol. The van der Waals surface area contributed by atoms with Crippen LogP contribution in [0.1, 0.15) is 10.4 Å². The van der Waals surface area contributed by atoms with Crippen molar-refractivity contribution in [2.24, 2.45) is 0 Å². The van der Waals surface area contributed by atoms with Gasteiger partial charge in [-0.25, -0.2) is 4.39 Å². The fourth-order valence-electron chi connectivity index (χ4n) is 1.60. The normalized spacial score (nSPS) is 16.2. The zero-order valence-electron chi connectivity index (χ0n) is 8.58. The average Bonchev–Trinajstić information content (AvgIpc) is 2.32. The fraction of sp³-hybridized carbons (Fsp3) is 0.364. The second-order valence-electron chi connectivity index (χ2n) is 3.53. The molecule has 5 heteroatoms. The summed E-state index contributed by atoms with van der Waals surface area (Å²) in [7, 11) is 0. The Kier molecular flexibility index (Phi) is 3.71. The Morgan fingerprint density at radius 1 is 1.38 bits per heavy atom. The highest BCUT2D eigenvalue weighted by atomic mass is 35.5. The summed E-state index contributed by atoms with van der Waals surface area (Å²) in [4.78, 5) is 13.7. The van der Waals surface area contributed by atoms with E-state index >= 15 is 0 Å². The van der Waals surface area contributed by atoms with Crippen LogP contribution in [0.2, 0.25) is 5.02 Å². The molecule has 0 radical (unpaired) electrons. The number of hydrogen-bond donors (Lipinski definition) is 0. The van der Waals surface area contributed by atoms with Crippen LogP contribution in [0, 0.1) is 5.82 Å². The second-order valence-corrected chi connectivity index (χ2v) is 5.19. The van der Waals surface area contributed by atoms with Crippen LogP contribution in [0.5, 0.6) is 0 Å². The van der Waals surface area contributed by atoms with Gasteiger partial charge in [-0.3, -0.25) is 4.79 Å². The maximum atomic E-state index is 13.5. The molecule has 1 saturated heterocycles. The lowest BCUT2D eigenvalue weighted by Crippen LogP contribution is -2.38. The van der Waals surface area contributed by atoms with Crippen LogP contribution < -0.4 is 0 Å². The van der Waals surface area contributed by atoms with Crippen molar-refractivity contribution < 1.29 is 9.18 Å². The molecule has 1 fully saturated rings. The standard InChI is InChI=1S/C11H11ClFNOS/c12-8-1-2-10(13)9(7-8)11(15)14-3-5-16-6-4-14/h1-2,7H,3-6H2. The quantitative estimate of drug-likeness (QED) is 0.773. The average molecular weight is 260 g/mol. The number of amides is 1. The summed E-state index contributed by atoms with van der Waals surface area (Å²) in [5.74, 6) is 1.05. The number of carbonyl (C=O) groups is 1. The molecule has 1 aromatic carbocycles. The molecule has 1 aliphatic rings. The van der Waals surface area contributed by atoms with Crippen molar-refractivity contribution in [1.82, 2.24) is 4.90 Å². The van der Waals surface area contributed by atoms with Crippen molar-refractivity contribution in [3.63, 3.8) is 0 Å². The number of hydrogen-bond acceptors (Lipinski definition) is 2. The molecule has 0 unspecified atom stereocenters. The fourth-order valence-corrected chi connectivity index (χ4v) is 2.67. The molecular formula is C11H11ClFNOS. The number of nitrogens with zero attached hydrogens (tertiary/aromatic N) is 1. The van der Waals surface area contributed by atoms with E-state index in [0.717, 1.165) is 11.5 Å². The Morgan fingerprint density at radius 2 is 2.06 bits per heavy atom. The SMILES string of the molecule is O=C(c1cc(Cl)ccc1F)N1CCSCC1. The molecule has 1 aromatic rings. The van der Waals surface area contributed by atoms with E-state index < -0.39 is 5.82 Å². The van der Waals surface area contributed by atoms with Gasteiger partial charge >= 0.3 is 0 Å².